The van der Waals surface area contributed by atoms with Crippen LogP contribution in [0.5, 0.6) is 0 Å². The van der Waals surface area contributed by atoms with E-state index in [9.17, 15) is 13.6 Å². The first-order valence-electron chi connectivity index (χ1n) is 5.50. The molecule has 2 heterocycles. The molecule has 0 fully saturated rings. The number of aromatic nitrogens is 2. The van der Waals surface area contributed by atoms with E-state index in [0.29, 0.717) is 11.6 Å². The molecular weight excluding hydrogens is 276 g/mol. The number of nitrogens with zero attached hydrogens (tertiary/aromatic N) is 2. The Hall–Kier alpha value is -1.95. The van der Waals surface area contributed by atoms with Crippen LogP contribution in [0.2, 0.25) is 5.02 Å². The predicted octanol–water partition coefficient (Wildman–Crippen LogP) is 3.09. The van der Waals surface area contributed by atoms with E-state index < -0.39 is 17.8 Å². The molecule has 1 N–H and O–H groups in total. The van der Waals surface area contributed by atoms with Crippen molar-refractivity contribution < 1.29 is 13.6 Å². The van der Waals surface area contributed by atoms with Crippen molar-refractivity contribution in [3.8, 4) is 0 Å². The van der Waals surface area contributed by atoms with Crippen molar-refractivity contribution in [2.24, 2.45) is 0 Å². The third kappa shape index (κ3) is 2.90. The number of hydrogen-bond donors (Lipinski definition) is 1. The predicted molar refractivity (Wildman–Crippen MR) is 67.2 cm³/mol. The van der Waals surface area contributed by atoms with Crippen molar-refractivity contribution in [1.82, 2.24) is 9.55 Å². The van der Waals surface area contributed by atoms with Crippen LogP contribution in [0.15, 0.2) is 24.4 Å². The topological polar surface area (TPSA) is 46.9 Å². The van der Waals surface area contributed by atoms with Crippen LogP contribution < -0.4 is 5.32 Å². The van der Waals surface area contributed by atoms with Gasteiger partial charge in [-0.15, -0.1) is 0 Å². The number of pyridine rings is 1. The molecule has 2 aromatic heterocycles. The van der Waals surface area contributed by atoms with Crippen molar-refractivity contribution in [3.63, 3.8) is 0 Å². The summed E-state index contributed by atoms with van der Waals surface area (Å²) in [7, 11) is 0. The molecule has 0 bridgehead atoms. The Kier molecular flexibility index (Phi) is 3.80. The van der Waals surface area contributed by atoms with Crippen LogP contribution in [0.1, 0.15) is 17.4 Å². The number of hydrogen-bond acceptors (Lipinski definition) is 2. The minimum Gasteiger partial charge on any atom is -0.342 e. The Morgan fingerprint density at radius 3 is 2.84 bits per heavy atom. The molecule has 2 rings (SSSR count). The number of carbonyl (C=O) groups is 1. The van der Waals surface area contributed by atoms with Gasteiger partial charge < -0.3 is 9.88 Å². The zero-order valence-corrected chi connectivity index (χ0v) is 10.7. The molecule has 0 saturated heterocycles. The van der Waals surface area contributed by atoms with Gasteiger partial charge in [0.15, 0.2) is 0 Å². The number of nitrogens with one attached hydrogen (secondary N) is 1. The lowest BCUT2D eigenvalue weighted by atomic mass is 10.3. The standard InChI is InChI=1S/C12H10ClF2N3O/c1-2-18-6-7(13)5-9(18)12(19)16-8-3-4-10(14)17-11(8)15/h3-6H,2H2,1H3,(H,16,19). The summed E-state index contributed by atoms with van der Waals surface area (Å²) in [5.74, 6) is -2.56. The first kappa shape index (κ1) is 13.5. The fourth-order valence-corrected chi connectivity index (χ4v) is 1.84. The molecule has 1 amide bonds. The maximum absolute atomic E-state index is 13.3. The van der Waals surface area contributed by atoms with Gasteiger partial charge in [0.1, 0.15) is 5.69 Å². The zero-order chi connectivity index (χ0) is 14.0. The van der Waals surface area contributed by atoms with Gasteiger partial charge in [0.25, 0.3) is 5.91 Å². The third-order valence-corrected chi connectivity index (χ3v) is 2.71. The van der Waals surface area contributed by atoms with Crippen LogP contribution in [0.3, 0.4) is 0 Å². The molecular formula is C12H10ClF2N3O. The largest absolute Gasteiger partial charge is 0.342 e. The first-order valence-corrected chi connectivity index (χ1v) is 5.88. The Balaban J connectivity index is 2.25. The summed E-state index contributed by atoms with van der Waals surface area (Å²) in [6, 6.07) is 3.54. The van der Waals surface area contributed by atoms with Gasteiger partial charge in [-0.1, -0.05) is 11.6 Å². The number of amides is 1. The van der Waals surface area contributed by atoms with Gasteiger partial charge in [-0.3, -0.25) is 4.79 Å². The molecule has 0 radical (unpaired) electrons. The Bertz CT molecular complexity index is 627. The summed E-state index contributed by atoms with van der Waals surface area (Å²) in [6.07, 6.45) is 1.59. The van der Waals surface area contributed by atoms with Gasteiger partial charge >= 0.3 is 0 Å². The number of carbonyl (C=O) groups excluding carboxylic acids is 1. The first-order chi connectivity index (χ1) is 9.01. The number of aryl methyl sites for hydroxylation is 1. The van der Waals surface area contributed by atoms with E-state index >= 15 is 0 Å². The molecule has 0 aliphatic carbocycles. The molecule has 7 heteroatoms. The highest BCUT2D eigenvalue weighted by molar-refractivity contribution is 6.31. The summed E-state index contributed by atoms with van der Waals surface area (Å²) >= 11 is 5.81. The molecule has 2 aromatic rings. The molecule has 0 aromatic carbocycles. The van der Waals surface area contributed by atoms with E-state index in [1.165, 1.54) is 6.07 Å². The Morgan fingerprint density at radius 2 is 2.21 bits per heavy atom. The maximum Gasteiger partial charge on any atom is 0.272 e. The lowest BCUT2D eigenvalue weighted by Crippen LogP contribution is -2.17. The van der Waals surface area contributed by atoms with E-state index in [1.807, 2.05) is 6.92 Å². The van der Waals surface area contributed by atoms with Crippen molar-refractivity contribution >= 4 is 23.2 Å². The highest BCUT2D eigenvalue weighted by Gasteiger charge is 2.15. The molecule has 0 spiro atoms. The van der Waals surface area contributed by atoms with Gasteiger partial charge in [0, 0.05) is 12.7 Å². The number of rotatable bonds is 3. The summed E-state index contributed by atoms with van der Waals surface area (Å²) in [6.45, 7) is 2.38. The second kappa shape index (κ2) is 5.36. The van der Waals surface area contributed by atoms with E-state index in [-0.39, 0.29) is 11.4 Å². The minimum atomic E-state index is -1.07. The van der Waals surface area contributed by atoms with E-state index in [1.54, 1.807) is 10.8 Å². The highest BCUT2D eigenvalue weighted by atomic mass is 35.5. The van der Waals surface area contributed by atoms with Gasteiger partial charge in [-0.2, -0.15) is 13.8 Å². The average Bonchev–Trinajstić information content (AvgIpc) is 2.74. The molecule has 0 unspecified atom stereocenters. The monoisotopic (exact) mass is 285 g/mol. The van der Waals surface area contributed by atoms with Crippen LogP contribution in [0.4, 0.5) is 14.5 Å². The normalized spacial score (nSPS) is 10.5. The van der Waals surface area contributed by atoms with Crippen LogP contribution >= 0.6 is 11.6 Å². The van der Waals surface area contributed by atoms with Gasteiger partial charge in [-0.25, -0.2) is 0 Å². The smallest absolute Gasteiger partial charge is 0.272 e. The molecule has 0 aliphatic rings. The molecule has 100 valence electrons. The number of anilines is 1. The minimum absolute atomic E-state index is 0.189. The molecule has 0 atom stereocenters. The molecule has 4 nitrogen and oxygen atoms in total. The summed E-state index contributed by atoms with van der Waals surface area (Å²) in [5, 5.41) is 2.73. The SMILES string of the molecule is CCn1cc(Cl)cc1C(=O)Nc1ccc(F)nc1F. The van der Waals surface area contributed by atoms with Gasteiger partial charge in [0.2, 0.25) is 11.9 Å². The van der Waals surface area contributed by atoms with Gasteiger partial charge in [-0.05, 0) is 25.1 Å². The highest BCUT2D eigenvalue weighted by Crippen LogP contribution is 2.17. The lowest BCUT2D eigenvalue weighted by Gasteiger charge is -2.07. The Labute approximate surface area is 113 Å². The molecule has 0 aliphatic heterocycles. The molecule has 19 heavy (non-hydrogen) atoms. The summed E-state index contributed by atoms with van der Waals surface area (Å²) < 4.78 is 27.6. The second-order valence-corrected chi connectivity index (χ2v) is 4.19. The van der Waals surface area contributed by atoms with Crippen LogP contribution in [-0.2, 0) is 6.54 Å². The van der Waals surface area contributed by atoms with Crippen molar-refractivity contribution in [2.75, 3.05) is 5.32 Å². The number of halogens is 3. The van der Waals surface area contributed by atoms with Crippen molar-refractivity contribution in [2.45, 2.75) is 13.5 Å². The zero-order valence-electron chi connectivity index (χ0n) is 9.95. The summed E-state index contributed by atoms with van der Waals surface area (Å²) in [5.41, 5.74) is 0.0996. The average molecular weight is 286 g/mol. The Morgan fingerprint density at radius 1 is 1.47 bits per heavy atom. The van der Waals surface area contributed by atoms with E-state index in [4.69, 9.17) is 11.6 Å². The summed E-state index contributed by atoms with van der Waals surface area (Å²) in [4.78, 5) is 15.0. The van der Waals surface area contributed by atoms with Gasteiger partial charge in [0.05, 0.1) is 10.7 Å². The fourth-order valence-electron chi connectivity index (χ4n) is 1.62. The fraction of sp³-hybridized carbons (Fsp3) is 0.167. The third-order valence-electron chi connectivity index (χ3n) is 2.50. The van der Waals surface area contributed by atoms with Crippen LogP contribution in [0, 0.1) is 11.9 Å². The van der Waals surface area contributed by atoms with Crippen molar-refractivity contribution in [1.29, 1.82) is 0 Å². The second-order valence-electron chi connectivity index (χ2n) is 3.76. The van der Waals surface area contributed by atoms with E-state index in [2.05, 4.69) is 10.3 Å². The quantitative estimate of drug-likeness (QED) is 0.881. The maximum atomic E-state index is 13.3. The molecule has 0 saturated carbocycles. The van der Waals surface area contributed by atoms with Crippen molar-refractivity contribution in [3.05, 3.63) is 47.0 Å². The van der Waals surface area contributed by atoms with Crippen LogP contribution in [0.25, 0.3) is 0 Å². The van der Waals surface area contributed by atoms with Crippen LogP contribution in [-0.4, -0.2) is 15.5 Å². The van der Waals surface area contributed by atoms with E-state index in [0.717, 1.165) is 12.1 Å². The lowest BCUT2D eigenvalue weighted by molar-refractivity contribution is 0.101.